The summed E-state index contributed by atoms with van der Waals surface area (Å²) in [4.78, 5) is 0. The zero-order valence-corrected chi connectivity index (χ0v) is 11.6. The van der Waals surface area contributed by atoms with Gasteiger partial charge in [0.2, 0.25) is 0 Å². The third-order valence-electron chi connectivity index (χ3n) is 2.85. The van der Waals surface area contributed by atoms with Crippen LogP contribution in [0.25, 0.3) is 0 Å². The molecule has 1 N–H and O–H groups in total. The third-order valence-corrected chi connectivity index (χ3v) is 4.50. The van der Waals surface area contributed by atoms with Gasteiger partial charge in [0.05, 0.1) is 4.47 Å². The van der Waals surface area contributed by atoms with Crippen LogP contribution in [0.15, 0.2) is 16.6 Å². The van der Waals surface area contributed by atoms with E-state index >= 15 is 0 Å². The van der Waals surface area contributed by atoms with Crippen molar-refractivity contribution in [3.8, 4) is 0 Å². The van der Waals surface area contributed by atoms with Gasteiger partial charge in [-0.1, -0.05) is 0 Å². The second kappa shape index (κ2) is 5.41. The largest absolute Gasteiger partial charge is 0.382 e. The summed E-state index contributed by atoms with van der Waals surface area (Å²) in [6, 6.07) is 3.91. The van der Waals surface area contributed by atoms with Gasteiger partial charge >= 0.3 is 0 Å². The lowest BCUT2D eigenvalue weighted by atomic mass is 10.1. The van der Waals surface area contributed by atoms with E-state index in [9.17, 15) is 4.39 Å². The Morgan fingerprint density at radius 2 is 2.06 bits per heavy atom. The number of aryl methyl sites for hydroxylation is 1. The molecular formula is C12H15BrFNS. The van der Waals surface area contributed by atoms with E-state index in [-0.39, 0.29) is 5.82 Å². The Bertz CT molecular complexity index is 378. The molecule has 0 amide bonds. The van der Waals surface area contributed by atoms with Gasteiger partial charge in [-0.25, -0.2) is 4.39 Å². The minimum absolute atomic E-state index is 0.196. The first-order valence-corrected chi connectivity index (χ1v) is 7.41. The van der Waals surface area contributed by atoms with Gasteiger partial charge in [0.1, 0.15) is 5.82 Å². The molecule has 1 heterocycles. The van der Waals surface area contributed by atoms with Crippen LogP contribution in [0.5, 0.6) is 0 Å². The molecule has 1 aliphatic rings. The number of benzene rings is 1. The van der Waals surface area contributed by atoms with E-state index in [1.165, 1.54) is 24.3 Å². The summed E-state index contributed by atoms with van der Waals surface area (Å²) in [6.07, 6.45) is 2.34. The fourth-order valence-electron chi connectivity index (χ4n) is 1.86. The van der Waals surface area contributed by atoms with Gasteiger partial charge in [0.25, 0.3) is 0 Å². The van der Waals surface area contributed by atoms with Crippen molar-refractivity contribution in [1.29, 1.82) is 0 Å². The first-order valence-electron chi connectivity index (χ1n) is 5.47. The molecular weight excluding hydrogens is 289 g/mol. The average molecular weight is 304 g/mol. The van der Waals surface area contributed by atoms with Gasteiger partial charge in [-0.3, -0.25) is 0 Å². The van der Waals surface area contributed by atoms with Crippen molar-refractivity contribution in [2.24, 2.45) is 0 Å². The van der Waals surface area contributed by atoms with Gasteiger partial charge in [-0.2, -0.15) is 11.8 Å². The van der Waals surface area contributed by atoms with Crippen LogP contribution in [0, 0.1) is 12.7 Å². The summed E-state index contributed by atoms with van der Waals surface area (Å²) in [7, 11) is 0. The number of thioether (sulfide) groups is 1. The smallest absolute Gasteiger partial charge is 0.139 e. The first kappa shape index (κ1) is 12.2. The van der Waals surface area contributed by atoms with Crippen LogP contribution < -0.4 is 5.32 Å². The topological polar surface area (TPSA) is 12.0 Å². The molecule has 1 aromatic rings. The summed E-state index contributed by atoms with van der Waals surface area (Å²) in [5, 5.41) is 3.44. The standard InChI is InChI=1S/C12H15BrFNS/c1-8-6-10(13)11(14)7-12(8)15-9-2-4-16-5-3-9/h6-7,9,15H,2-5H2,1H3. The maximum atomic E-state index is 13.4. The molecule has 0 atom stereocenters. The van der Waals surface area contributed by atoms with Crippen LogP contribution in [-0.4, -0.2) is 17.5 Å². The predicted octanol–water partition coefficient (Wildman–Crippen LogP) is 4.20. The molecule has 16 heavy (non-hydrogen) atoms. The van der Waals surface area contributed by atoms with Gasteiger partial charge in [-0.05, 0) is 64.9 Å². The van der Waals surface area contributed by atoms with Gasteiger partial charge in [0, 0.05) is 11.7 Å². The second-order valence-corrected chi connectivity index (χ2v) is 6.19. The van der Waals surface area contributed by atoms with Crippen molar-refractivity contribution in [2.75, 3.05) is 16.8 Å². The van der Waals surface area contributed by atoms with Crippen molar-refractivity contribution >= 4 is 33.4 Å². The van der Waals surface area contributed by atoms with Crippen LogP contribution in [0.1, 0.15) is 18.4 Å². The molecule has 4 heteroatoms. The van der Waals surface area contributed by atoms with Crippen LogP contribution in [0.4, 0.5) is 10.1 Å². The summed E-state index contributed by atoms with van der Waals surface area (Å²) in [6.45, 7) is 2.00. The lowest BCUT2D eigenvalue weighted by Gasteiger charge is -2.24. The van der Waals surface area contributed by atoms with Gasteiger partial charge in [0.15, 0.2) is 0 Å². The molecule has 0 aliphatic carbocycles. The van der Waals surface area contributed by atoms with Crippen molar-refractivity contribution in [3.63, 3.8) is 0 Å². The molecule has 1 fully saturated rings. The molecule has 88 valence electrons. The molecule has 0 radical (unpaired) electrons. The van der Waals surface area contributed by atoms with Crippen molar-refractivity contribution in [2.45, 2.75) is 25.8 Å². The summed E-state index contributed by atoms with van der Waals surface area (Å²) < 4.78 is 14.0. The number of hydrogen-bond acceptors (Lipinski definition) is 2. The molecule has 0 unspecified atom stereocenters. The monoisotopic (exact) mass is 303 g/mol. The van der Waals surface area contributed by atoms with Crippen LogP contribution in [0.2, 0.25) is 0 Å². The molecule has 1 aliphatic heterocycles. The summed E-state index contributed by atoms with van der Waals surface area (Å²) >= 11 is 5.20. The fourth-order valence-corrected chi connectivity index (χ4v) is 3.43. The van der Waals surface area contributed by atoms with Crippen molar-refractivity contribution < 1.29 is 4.39 Å². The first-order chi connectivity index (χ1) is 7.66. The van der Waals surface area contributed by atoms with Crippen LogP contribution >= 0.6 is 27.7 Å². The van der Waals surface area contributed by atoms with Gasteiger partial charge in [-0.15, -0.1) is 0 Å². The highest BCUT2D eigenvalue weighted by molar-refractivity contribution is 9.10. The highest BCUT2D eigenvalue weighted by atomic mass is 79.9. The maximum Gasteiger partial charge on any atom is 0.139 e. The summed E-state index contributed by atoms with van der Waals surface area (Å²) in [5.74, 6) is 2.21. The molecule has 0 spiro atoms. The Hall–Kier alpha value is -0.220. The van der Waals surface area contributed by atoms with E-state index in [0.29, 0.717) is 10.5 Å². The Morgan fingerprint density at radius 3 is 2.75 bits per heavy atom. The highest BCUT2D eigenvalue weighted by Gasteiger charge is 2.15. The highest BCUT2D eigenvalue weighted by Crippen LogP contribution is 2.27. The summed E-state index contributed by atoms with van der Waals surface area (Å²) in [5.41, 5.74) is 2.02. The quantitative estimate of drug-likeness (QED) is 0.878. The van der Waals surface area contributed by atoms with E-state index in [2.05, 4.69) is 21.2 Å². The minimum atomic E-state index is -0.196. The Balaban J connectivity index is 2.11. The Morgan fingerprint density at radius 1 is 1.38 bits per heavy atom. The lowest BCUT2D eigenvalue weighted by molar-refractivity contribution is 0.618. The fraction of sp³-hybridized carbons (Fsp3) is 0.500. The molecule has 1 aromatic carbocycles. The zero-order chi connectivity index (χ0) is 11.5. The number of halogens is 2. The maximum absolute atomic E-state index is 13.4. The molecule has 1 saturated heterocycles. The van der Waals surface area contributed by atoms with Crippen LogP contribution in [0.3, 0.4) is 0 Å². The number of anilines is 1. The number of rotatable bonds is 2. The van der Waals surface area contributed by atoms with E-state index in [0.717, 1.165) is 11.3 Å². The number of nitrogens with one attached hydrogen (secondary N) is 1. The van der Waals surface area contributed by atoms with Crippen molar-refractivity contribution in [3.05, 3.63) is 28.0 Å². The normalized spacial score (nSPS) is 17.4. The Kier molecular flexibility index (Phi) is 4.14. The predicted molar refractivity (Wildman–Crippen MR) is 72.8 cm³/mol. The molecule has 0 bridgehead atoms. The van der Waals surface area contributed by atoms with E-state index in [4.69, 9.17) is 0 Å². The van der Waals surface area contributed by atoms with Crippen molar-refractivity contribution in [1.82, 2.24) is 0 Å². The third kappa shape index (κ3) is 2.92. The lowest BCUT2D eigenvalue weighted by Crippen LogP contribution is -2.24. The van der Waals surface area contributed by atoms with Crippen LogP contribution in [-0.2, 0) is 0 Å². The number of hydrogen-bond donors (Lipinski definition) is 1. The molecule has 1 nitrogen and oxygen atoms in total. The van der Waals surface area contributed by atoms with Gasteiger partial charge < -0.3 is 5.32 Å². The Labute approximate surface area is 108 Å². The van der Waals surface area contributed by atoms with E-state index in [1.807, 2.05) is 24.8 Å². The minimum Gasteiger partial charge on any atom is -0.382 e. The SMILES string of the molecule is Cc1cc(Br)c(F)cc1NC1CCSCC1. The van der Waals surface area contributed by atoms with E-state index < -0.39 is 0 Å². The van der Waals surface area contributed by atoms with E-state index in [1.54, 1.807) is 6.07 Å². The zero-order valence-electron chi connectivity index (χ0n) is 9.22. The average Bonchev–Trinajstić information content (AvgIpc) is 2.27. The molecule has 0 saturated carbocycles. The second-order valence-electron chi connectivity index (χ2n) is 4.11. The molecule has 2 rings (SSSR count). The molecule has 0 aromatic heterocycles.